The second-order valence-corrected chi connectivity index (χ2v) is 8.14. The van der Waals surface area contributed by atoms with E-state index in [1.54, 1.807) is 25.3 Å². The molecule has 0 fully saturated rings. The average Bonchev–Trinajstić information content (AvgIpc) is 2.78. The fourth-order valence-corrected chi connectivity index (χ4v) is 3.58. The molecule has 0 heterocycles. The quantitative estimate of drug-likeness (QED) is 0.358. The molecule has 0 aliphatic heterocycles. The number of hydrogen-bond donors (Lipinski definition) is 1. The number of ether oxygens (including phenoxy) is 2. The zero-order chi connectivity index (χ0) is 24.0. The molecular formula is C28H28N2O3. The number of nitriles is 1. The van der Waals surface area contributed by atoms with Crippen molar-refractivity contribution in [3.05, 3.63) is 93.6 Å². The molecule has 0 saturated heterocycles. The van der Waals surface area contributed by atoms with Crippen LogP contribution >= 0.6 is 0 Å². The van der Waals surface area contributed by atoms with Gasteiger partial charge in [0.1, 0.15) is 18.2 Å². The molecule has 0 radical (unpaired) electrons. The van der Waals surface area contributed by atoms with Gasteiger partial charge in [0.2, 0.25) is 0 Å². The molecule has 0 unspecified atom stereocenters. The van der Waals surface area contributed by atoms with E-state index < -0.39 is 5.91 Å². The van der Waals surface area contributed by atoms with Crippen LogP contribution in [0.2, 0.25) is 0 Å². The van der Waals surface area contributed by atoms with Crippen LogP contribution in [0.1, 0.15) is 33.4 Å². The summed E-state index contributed by atoms with van der Waals surface area (Å²) < 4.78 is 11.5. The number of nitrogens with zero attached hydrogens (tertiary/aromatic N) is 1. The molecule has 1 N–H and O–H groups in total. The van der Waals surface area contributed by atoms with Crippen LogP contribution in [0.4, 0.5) is 5.69 Å². The summed E-state index contributed by atoms with van der Waals surface area (Å²) in [6.07, 6.45) is 1.54. The molecule has 33 heavy (non-hydrogen) atoms. The number of amides is 1. The smallest absolute Gasteiger partial charge is 0.266 e. The van der Waals surface area contributed by atoms with Crippen LogP contribution in [0.5, 0.6) is 11.5 Å². The van der Waals surface area contributed by atoms with E-state index in [0.717, 1.165) is 16.7 Å². The summed E-state index contributed by atoms with van der Waals surface area (Å²) in [6, 6.07) is 19.4. The molecule has 5 nitrogen and oxygen atoms in total. The van der Waals surface area contributed by atoms with Gasteiger partial charge in [-0.25, -0.2) is 0 Å². The van der Waals surface area contributed by atoms with E-state index in [2.05, 4.69) is 37.4 Å². The van der Waals surface area contributed by atoms with Crippen molar-refractivity contribution in [3.63, 3.8) is 0 Å². The maximum Gasteiger partial charge on any atom is 0.266 e. The molecule has 0 aliphatic carbocycles. The zero-order valence-corrected chi connectivity index (χ0v) is 19.7. The van der Waals surface area contributed by atoms with Crippen molar-refractivity contribution >= 4 is 17.7 Å². The maximum atomic E-state index is 12.7. The third kappa shape index (κ3) is 6.24. The predicted octanol–water partition coefficient (Wildman–Crippen LogP) is 6.05. The summed E-state index contributed by atoms with van der Waals surface area (Å²) in [5.74, 6) is 0.660. The Hall–Kier alpha value is -4.04. The van der Waals surface area contributed by atoms with Crippen LogP contribution in [-0.4, -0.2) is 13.0 Å². The van der Waals surface area contributed by atoms with Crippen LogP contribution < -0.4 is 14.8 Å². The van der Waals surface area contributed by atoms with E-state index in [0.29, 0.717) is 29.4 Å². The first-order valence-corrected chi connectivity index (χ1v) is 10.7. The molecule has 0 aliphatic rings. The van der Waals surface area contributed by atoms with Crippen molar-refractivity contribution in [2.75, 3.05) is 12.4 Å². The van der Waals surface area contributed by atoms with Crippen LogP contribution in [0.25, 0.3) is 6.08 Å². The third-order valence-corrected chi connectivity index (χ3v) is 5.18. The van der Waals surface area contributed by atoms with Crippen LogP contribution in [0.3, 0.4) is 0 Å². The van der Waals surface area contributed by atoms with Gasteiger partial charge in [0.05, 0.1) is 7.11 Å². The highest BCUT2D eigenvalue weighted by atomic mass is 16.5. The molecule has 0 bridgehead atoms. The monoisotopic (exact) mass is 440 g/mol. The lowest BCUT2D eigenvalue weighted by molar-refractivity contribution is -0.112. The fraction of sp³-hybridized carbons (Fsp3) is 0.214. The van der Waals surface area contributed by atoms with E-state index in [4.69, 9.17) is 9.47 Å². The number of carbonyl (C=O) groups is 1. The van der Waals surface area contributed by atoms with Gasteiger partial charge in [0, 0.05) is 5.69 Å². The second kappa shape index (κ2) is 10.5. The predicted molar refractivity (Wildman–Crippen MR) is 131 cm³/mol. The van der Waals surface area contributed by atoms with E-state index in [1.165, 1.54) is 17.2 Å². The first-order valence-electron chi connectivity index (χ1n) is 10.7. The molecule has 0 atom stereocenters. The van der Waals surface area contributed by atoms with E-state index in [1.807, 2.05) is 38.1 Å². The Kier molecular flexibility index (Phi) is 7.53. The summed E-state index contributed by atoms with van der Waals surface area (Å²) in [7, 11) is 1.56. The molecule has 0 saturated carbocycles. The summed E-state index contributed by atoms with van der Waals surface area (Å²) in [4.78, 5) is 12.7. The Balaban J connectivity index is 1.78. The first-order chi connectivity index (χ1) is 15.8. The van der Waals surface area contributed by atoms with Gasteiger partial charge in [-0.2, -0.15) is 5.26 Å². The third-order valence-electron chi connectivity index (χ3n) is 5.18. The number of carbonyl (C=O) groups excluding carboxylic acids is 1. The van der Waals surface area contributed by atoms with Crippen molar-refractivity contribution in [2.24, 2.45) is 0 Å². The number of aryl methyl sites for hydroxylation is 4. The Labute approximate surface area is 195 Å². The molecule has 3 aromatic carbocycles. The fourth-order valence-electron chi connectivity index (χ4n) is 3.58. The van der Waals surface area contributed by atoms with Crippen LogP contribution in [0.15, 0.2) is 60.2 Å². The molecule has 3 rings (SSSR count). The molecule has 1 amide bonds. The number of anilines is 1. The second-order valence-electron chi connectivity index (χ2n) is 8.14. The van der Waals surface area contributed by atoms with Gasteiger partial charge < -0.3 is 14.8 Å². The molecule has 3 aromatic rings. The Morgan fingerprint density at radius 2 is 1.67 bits per heavy atom. The maximum absolute atomic E-state index is 12.7. The SMILES string of the molecule is COc1cc(/C=C(\C#N)C(=O)Nc2cc(C)ccc2C)ccc1OCc1cc(C)cc(C)c1. The number of hydrogen-bond acceptors (Lipinski definition) is 4. The van der Waals surface area contributed by atoms with Gasteiger partial charge in [-0.15, -0.1) is 0 Å². The topological polar surface area (TPSA) is 71.3 Å². The summed E-state index contributed by atoms with van der Waals surface area (Å²) >= 11 is 0. The minimum absolute atomic E-state index is 0.00173. The Morgan fingerprint density at radius 1 is 0.939 bits per heavy atom. The highest BCUT2D eigenvalue weighted by molar-refractivity contribution is 6.10. The Morgan fingerprint density at radius 3 is 2.33 bits per heavy atom. The lowest BCUT2D eigenvalue weighted by Gasteiger charge is -2.12. The lowest BCUT2D eigenvalue weighted by Crippen LogP contribution is -2.14. The first kappa shape index (κ1) is 23.6. The molecule has 5 heteroatoms. The summed E-state index contributed by atoms with van der Waals surface area (Å²) in [5, 5.41) is 12.4. The minimum Gasteiger partial charge on any atom is -0.493 e. The summed E-state index contributed by atoms with van der Waals surface area (Å²) in [5.41, 5.74) is 6.76. The molecule has 168 valence electrons. The van der Waals surface area contributed by atoms with Gasteiger partial charge in [-0.1, -0.05) is 47.5 Å². The van der Waals surface area contributed by atoms with Crippen LogP contribution in [0, 0.1) is 39.0 Å². The number of nitrogens with one attached hydrogen (secondary N) is 1. The van der Waals surface area contributed by atoms with Crippen molar-refractivity contribution in [1.29, 1.82) is 5.26 Å². The highest BCUT2D eigenvalue weighted by Gasteiger charge is 2.13. The van der Waals surface area contributed by atoms with E-state index in [9.17, 15) is 10.1 Å². The average molecular weight is 441 g/mol. The van der Waals surface area contributed by atoms with E-state index in [-0.39, 0.29) is 5.57 Å². The normalized spacial score (nSPS) is 11.0. The number of methoxy groups -OCH3 is 1. The number of benzene rings is 3. The number of rotatable bonds is 7. The van der Waals surface area contributed by atoms with Crippen molar-refractivity contribution < 1.29 is 14.3 Å². The molecule has 0 spiro atoms. The van der Waals surface area contributed by atoms with Crippen molar-refractivity contribution in [2.45, 2.75) is 34.3 Å². The van der Waals surface area contributed by atoms with Gasteiger partial charge in [-0.3, -0.25) is 4.79 Å². The summed E-state index contributed by atoms with van der Waals surface area (Å²) in [6.45, 7) is 8.39. The minimum atomic E-state index is -0.458. The highest BCUT2D eigenvalue weighted by Crippen LogP contribution is 2.30. The van der Waals surface area contributed by atoms with Gasteiger partial charge in [-0.05, 0) is 74.2 Å². The Bertz CT molecular complexity index is 1230. The lowest BCUT2D eigenvalue weighted by atomic mass is 10.1. The largest absolute Gasteiger partial charge is 0.493 e. The standard InChI is InChI=1S/C28H28N2O3/c1-18-6-7-21(4)25(13-18)30-28(31)24(16-29)14-22-8-9-26(27(15-22)32-5)33-17-23-11-19(2)10-20(3)12-23/h6-15H,17H2,1-5H3,(H,30,31)/b24-14+. The van der Waals surface area contributed by atoms with Gasteiger partial charge >= 0.3 is 0 Å². The van der Waals surface area contributed by atoms with Crippen molar-refractivity contribution in [1.82, 2.24) is 0 Å². The van der Waals surface area contributed by atoms with Crippen LogP contribution in [-0.2, 0) is 11.4 Å². The zero-order valence-electron chi connectivity index (χ0n) is 19.7. The molecule has 0 aromatic heterocycles. The molecular weight excluding hydrogens is 412 g/mol. The van der Waals surface area contributed by atoms with Gasteiger partial charge in [0.15, 0.2) is 11.5 Å². The van der Waals surface area contributed by atoms with Gasteiger partial charge in [0.25, 0.3) is 5.91 Å². The van der Waals surface area contributed by atoms with E-state index >= 15 is 0 Å². The van der Waals surface area contributed by atoms with Crippen molar-refractivity contribution in [3.8, 4) is 17.6 Å².